The van der Waals surface area contributed by atoms with Gasteiger partial charge in [-0.15, -0.1) is 0 Å². The standard InChI is InChI=1S/C12H22O5/c1-3-5-8-16-9-11(14)10(13)6-7-12(15)17-4-2/h6-7,10-11,13-14H,3-5,8-9H2,1-2H3. The minimum Gasteiger partial charge on any atom is -0.463 e. The maximum absolute atomic E-state index is 10.9. The lowest BCUT2D eigenvalue weighted by Gasteiger charge is -2.14. The van der Waals surface area contributed by atoms with Gasteiger partial charge in [0.2, 0.25) is 0 Å². The van der Waals surface area contributed by atoms with E-state index in [1.807, 2.05) is 6.92 Å². The molecular weight excluding hydrogens is 224 g/mol. The molecule has 17 heavy (non-hydrogen) atoms. The molecule has 0 rings (SSSR count). The highest BCUT2D eigenvalue weighted by Crippen LogP contribution is 1.98. The minimum atomic E-state index is -1.12. The first-order valence-corrected chi connectivity index (χ1v) is 5.90. The number of carbonyl (C=O) groups is 1. The fraction of sp³-hybridized carbons (Fsp3) is 0.750. The SMILES string of the molecule is CCCCOCC(O)C(O)C=CC(=O)OCC. The molecule has 0 spiro atoms. The molecule has 2 N–H and O–H groups in total. The molecule has 0 saturated carbocycles. The first kappa shape index (κ1) is 16.1. The van der Waals surface area contributed by atoms with Gasteiger partial charge in [-0.25, -0.2) is 4.79 Å². The molecule has 0 aliphatic rings. The summed E-state index contributed by atoms with van der Waals surface area (Å²) in [6.07, 6.45) is 2.08. The monoisotopic (exact) mass is 246 g/mol. The molecule has 0 aliphatic heterocycles. The average molecular weight is 246 g/mol. The minimum absolute atomic E-state index is 0.0499. The van der Waals surface area contributed by atoms with Crippen molar-refractivity contribution in [1.29, 1.82) is 0 Å². The number of hydrogen-bond donors (Lipinski definition) is 2. The van der Waals surface area contributed by atoms with Gasteiger partial charge >= 0.3 is 5.97 Å². The molecule has 0 radical (unpaired) electrons. The third-order valence-electron chi connectivity index (χ3n) is 2.04. The van der Waals surface area contributed by atoms with Crippen molar-refractivity contribution < 1.29 is 24.5 Å². The zero-order valence-corrected chi connectivity index (χ0v) is 10.5. The van der Waals surface area contributed by atoms with Crippen LogP contribution in [0.5, 0.6) is 0 Å². The Morgan fingerprint density at radius 2 is 2.06 bits per heavy atom. The summed E-state index contributed by atoms with van der Waals surface area (Å²) >= 11 is 0. The molecule has 0 heterocycles. The van der Waals surface area contributed by atoms with Gasteiger partial charge in [-0.2, -0.15) is 0 Å². The zero-order valence-electron chi connectivity index (χ0n) is 10.5. The van der Waals surface area contributed by atoms with E-state index in [0.29, 0.717) is 6.61 Å². The van der Waals surface area contributed by atoms with Crippen molar-refractivity contribution in [3.05, 3.63) is 12.2 Å². The van der Waals surface area contributed by atoms with Crippen LogP contribution < -0.4 is 0 Å². The van der Waals surface area contributed by atoms with Crippen LogP contribution in [0.4, 0.5) is 0 Å². The maximum Gasteiger partial charge on any atom is 0.330 e. The Hall–Kier alpha value is -0.910. The predicted octanol–water partition coefficient (Wildman–Crippen LogP) is 0.644. The highest BCUT2D eigenvalue weighted by molar-refractivity contribution is 5.81. The maximum atomic E-state index is 10.9. The van der Waals surface area contributed by atoms with Gasteiger partial charge in [0.1, 0.15) is 12.2 Å². The van der Waals surface area contributed by atoms with Gasteiger partial charge in [-0.05, 0) is 19.4 Å². The molecule has 0 bridgehead atoms. The number of rotatable bonds is 9. The summed E-state index contributed by atoms with van der Waals surface area (Å²) in [5, 5.41) is 18.9. The zero-order chi connectivity index (χ0) is 13.1. The van der Waals surface area contributed by atoms with Gasteiger partial charge in [0.25, 0.3) is 0 Å². The third kappa shape index (κ3) is 8.85. The van der Waals surface area contributed by atoms with Crippen molar-refractivity contribution in [2.75, 3.05) is 19.8 Å². The molecule has 5 nitrogen and oxygen atoms in total. The smallest absolute Gasteiger partial charge is 0.330 e. The number of hydrogen-bond acceptors (Lipinski definition) is 5. The molecule has 2 unspecified atom stereocenters. The normalized spacial score (nSPS) is 14.8. The Balaban J connectivity index is 3.80. The molecule has 0 aromatic heterocycles. The highest BCUT2D eigenvalue weighted by atomic mass is 16.5. The molecular formula is C12H22O5. The molecule has 100 valence electrons. The van der Waals surface area contributed by atoms with Crippen LogP contribution in [0.3, 0.4) is 0 Å². The number of aliphatic hydroxyl groups excluding tert-OH is 2. The lowest BCUT2D eigenvalue weighted by molar-refractivity contribution is -0.137. The summed E-state index contributed by atoms with van der Waals surface area (Å²) in [4.78, 5) is 10.9. The van der Waals surface area contributed by atoms with Crippen LogP contribution >= 0.6 is 0 Å². The van der Waals surface area contributed by atoms with E-state index in [-0.39, 0.29) is 13.2 Å². The van der Waals surface area contributed by atoms with E-state index in [1.54, 1.807) is 6.92 Å². The fourth-order valence-electron chi connectivity index (χ4n) is 1.04. The third-order valence-corrected chi connectivity index (χ3v) is 2.04. The van der Waals surface area contributed by atoms with Gasteiger partial charge in [-0.3, -0.25) is 0 Å². The summed E-state index contributed by atoms with van der Waals surface area (Å²) in [6.45, 7) is 4.62. The van der Waals surface area contributed by atoms with Crippen LogP contribution in [0, 0.1) is 0 Å². The average Bonchev–Trinajstić information content (AvgIpc) is 2.31. The summed E-state index contributed by atoms with van der Waals surface area (Å²) in [7, 11) is 0. The number of aliphatic hydroxyl groups is 2. The van der Waals surface area contributed by atoms with Crippen molar-refractivity contribution in [2.24, 2.45) is 0 Å². The van der Waals surface area contributed by atoms with Gasteiger partial charge in [0, 0.05) is 12.7 Å². The number of ether oxygens (including phenoxy) is 2. The van der Waals surface area contributed by atoms with Crippen molar-refractivity contribution >= 4 is 5.97 Å². The van der Waals surface area contributed by atoms with Gasteiger partial charge < -0.3 is 19.7 Å². The van der Waals surface area contributed by atoms with Crippen molar-refractivity contribution in [3.8, 4) is 0 Å². The van der Waals surface area contributed by atoms with Gasteiger partial charge in [-0.1, -0.05) is 13.3 Å². The van der Waals surface area contributed by atoms with Gasteiger partial charge in [0.05, 0.1) is 13.2 Å². The topological polar surface area (TPSA) is 76.0 Å². The Kier molecular flexibility index (Phi) is 9.71. The van der Waals surface area contributed by atoms with E-state index in [4.69, 9.17) is 4.74 Å². The van der Waals surface area contributed by atoms with Crippen LogP contribution in [0.1, 0.15) is 26.7 Å². The van der Waals surface area contributed by atoms with E-state index in [0.717, 1.165) is 18.9 Å². The number of esters is 1. The van der Waals surface area contributed by atoms with Crippen molar-refractivity contribution in [2.45, 2.75) is 38.9 Å². The lowest BCUT2D eigenvalue weighted by Crippen LogP contribution is -2.29. The van der Waals surface area contributed by atoms with Crippen LogP contribution in [0.15, 0.2) is 12.2 Å². The van der Waals surface area contributed by atoms with Crippen LogP contribution in [0.2, 0.25) is 0 Å². The number of unbranched alkanes of at least 4 members (excludes halogenated alkanes) is 1. The fourth-order valence-corrected chi connectivity index (χ4v) is 1.04. The Labute approximate surface area is 102 Å². The number of carbonyl (C=O) groups excluding carboxylic acids is 1. The van der Waals surface area contributed by atoms with E-state index in [1.165, 1.54) is 6.08 Å². The Morgan fingerprint density at radius 3 is 2.65 bits per heavy atom. The van der Waals surface area contributed by atoms with Crippen molar-refractivity contribution in [3.63, 3.8) is 0 Å². The quantitative estimate of drug-likeness (QED) is 0.355. The molecule has 0 aliphatic carbocycles. The molecule has 0 aromatic rings. The van der Waals surface area contributed by atoms with Crippen molar-refractivity contribution in [1.82, 2.24) is 0 Å². The second kappa shape index (κ2) is 10.3. The summed E-state index contributed by atoms with van der Waals surface area (Å²) in [6, 6.07) is 0. The summed E-state index contributed by atoms with van der Waals surface area (Å²) < 4.78 is 9.79. The van der Waals surface area contributed by atoms with Crippen LogP contribution in [-0.4, -0.2) is 48.2 Å². The summed E-state index contributed by atoms with van der Waals surface area (Å²) in [5.41, 5.74) is 0. The molecule has 2 atom stereocenters. The first-order valence-electron chi connectivity index (χ1n) is 5.90. The van der Waals surface area contributed by atoms with Crippen LogP contribution in [0.25, 0.3) is 0 Å². The Bertz CT molecular complexity index is 227. The molecule has 5 heteroatoms. The van der Waals surface area contributed by atoms with Crippen LogP contribution in [-0.2, 0) is 14.3 Å². The molecule has 0 aromatic carbocycles. The second-order valence-electron chi connectivity index (χ2n) is 3.60. The van der Waals surface area contributed by atoms with E-state index >= 15 is 0 Å². The molecule has 0 fully saturated rings. The predicted molar refractivity (Wildman–Crippen MR) is 63.5 cm³/mol. The highest BCUT2D eigenvalue weighted by Gasteiger charge is 2.13. The Morgan fingerprint density at radius 1 is 1.35 bits per heavy atom. The van der Waals surface area contributed by atoms with E-state index in [2.05, 4.69) is 4.74 Å². The molecule has 0 amide bonds. The van der Waals surface area contributed by atoms with E-state index < -0.39 is 18.2 Å². The molecule has 0 saturated heterocycles. The summed E-state index contributed by atoms with van der Waals surface area (Å²) in [5.74, 6) is -0.536. The second-order valence-corrected chi connectivity index (χ2v) is 3.60. The van der Waals surface area contributed by atoms with Gasteiger partial charge in [0.15, 0.2) is 0 Å². The largest absolute Gasteiger partial charge is 0.463 e. The lowest BCUT2D eigenvalue weighted by atomic mass is 10.2. The first-order chi connectivity index (χ1) is 8.11. The van der Waals surface area contributed by atoms with E-state index in [9.17, 15) is 15.0 Å².